The summed E-state index contributed by atoms with van der Waals surface area (Å²) in [6, 6.07) is 0. The van der Waals surface area contributed by atoms with Crippen molar-refractivity contribution in [3.8, 4) is 0 Å². The van der Waals surface area contributed by atoms with Crippen LogP contribution in [0.15, 0.2) is 0 Å². The highest BCUT2D eigenvalue weighted by atomic mass is 16.5. The highest BCUT2D eigenvalue weighted by Gasteiger charge is 2.00. The lowest BCUT2D eigenvalue weighted by atomic mass is 10.4. The summed E-state index contributed by atoms with van der Waals surface area (Å²) in [6.45, 7) is 7.01. The Bertz CT molecular complexity index is 108. The van der Waals surface area contributed by atoms with E-state index in [1.807, 2.05) is 6.92 Å². The molecule has 0 aliphatic heterocycles. The van der Waals surface area contributed by atoms with Gasteiger partial charge in [0.25, 0.3) is 0 Å². The van der Waals surface area contributed by atoms with Crippen molar-refractivity contribution in [2.24, 2.45) is 0 Å². The van der Waals surface area contributed by atoms with Gasteiger partial charge in [-0.05, 0) is 13.3 Å². The van der Waals surface area contributed by atoms with Gasteiger partial charge in [-0.2, -0.15) is 0 Å². The fourth-order valence-corrected chi connectivity index (χ4v) is 0.916. The number of hydrogen-bond donors (Lipinski definition) is 1. The molecule has 0 heterocycles. The summed E-state index contributed by atoms with van der Waals surface area (Å²) in [5.41, 5.74) is 0. The first-order valence-corrected chi connectivity index (χ1v) is 5.19. The average molecular weight is 206 g/mol. The molecule has 86 valence electrons. The summed E-state index contributed by atoms with van der Waals surface area (Å²) >= 11 is 0. The van der Waals surface area contributed by atoms with Gasteiger partial charge < -0.3 is 19.3 Å². The van der Waals surface area contributed by atoms with Crippen LogP contribution in [-0.2, 0) is 14.2 Å². The van der Waals surface area contributed by atoms with Crippen LogP contribution in [0.25, 0.3) is 0 Å². The Kier molecular flexibility index (Phi) is 10.8. The van der Waals surface area contributed by atoms with Gasteiger partial charge in [0.2, 0.25) is 0 Å². The summed E-state index contributed by atoms with van der Waals surface area (Å²) in [7, 11) is 0. The van der Waals surface area contributed by atoms with E-state index in [0.29, 0.717) is 26.4 Å². The molecule has 1 N–H and O–H groups in total. The topological polar surface area (TPSA) is 47.9 Å². The van der Waals surface area contributed by atoms with Crippen molar-refractivity contribution in [2.75, 3.05) is 39.6 Å². The highest BCUT2D eigenvalue weighted by Crippen LogP contribution is 1.91. The number of ether oxygens (including phenoxy) is 3. The minimum Gasteiger partial charge on any atom is -0.394 e. The van der Waals surface area contributed by atoms with E-state index in [2.05, 4.69) is 6.92 Å². The molecule has 1 atom stereocenters. The summed E-state index contributed by atoms with van der Waals surface area (Å²) in [5, 5.41) is 8.50. The van der Waals surface area contributed by atoms with Crippen LogP contribution in [-0.4, -0.2) is 50.9 Å². The predicted octanol–water partition coefficient (Wildman–Crippen LogP) is 0.827. The summed E-state index contributed by atoms with van der Waals surface area (Å²) in [4.78, 5) is 0. The SMILES string of the molecule is CCCOCCOCC(C)OCCO. The van der Waals surface area contributed by atoms with E-state index in [4.69, 9.17) is 19.3 Å². The van der Waals surface area contributed by atoms with Crippen LogP contribution in [0, 0.1) is 0 Å². The van der Waals surface area contributed by atoms with Gasteiger partial charge in [-0.1, -0.05) is 6.92 Å². The zero-order valence-electron chi connectivity index (χ0n) is 9.20. The lowest BCUT2D eigenvalue weighted by Gasteiger charge is -2.12. The van der Waals surface area contributed by atoms with E-state index in [0.717, 1.165) is 13.0 Å². The second-order valence-electron chi connectivity index (χ2n) is 3.09. The Morgan fingerprint density at radius 1 is 1.07 bits per heavy atom. The molecule has 0 radical (unpaired) electrons. The van der Waals surface area contributed by atoms with E-state index in [1.165, 1.54) is 0 Å². The monoisotopic (exact) mass is 206 g/mol. The molecule has 0 aromatic rings. The molecule has 0 aliphatic rings. The number of aliphatic hydroxyl groups excluding tert-OH is 1. The third-order valence-electron chi connectivity index (χ3n) is 1.57. The fraction of sp³-hybridized carbons (Fsp3) is 1.00. The minimum absolute atomic E-state index is 0.0355. The van der Waals surface area contributed by atoms with Crippen LogP contribution in [0.3, 0.4) is 0 Å². The maximum atomic E-state index is 8.50. The van der Waals surface area contributed by atoms with Gasteiger partial charge >= 0.3 is 0 Å². The molecule has 4 heteroatoms. The van der Waals surface area contributed by atoms with Crippen LogP contribution < -0.4 is 0 Å². The molecule has 1 unspecified atom stereocenters. The number of rotatable bonds is 10. The lowest BCUT2D eigenvalue weighted by Crippen LogP contribution is -2.19. The Morgan fingerprint density at radius 3 is 2.43 bits per heavy atom. The first-order valence-electron chi connectivity index (χ1n) is 5.19. The van der Waals surface area contributed by atoms with Gasteiger partial charge in [0.15, 0.2) is 0 Å². The minimum atomic E-state index is 0.0355. The van der Waals surface area contributed by atoms with Crippen molar-refractivity contribution >= 4 is 0 Å². The molecule has 0 saturated heterocycles. The third kappa shape index (κ3) is 9.92. The van der Waals surface area contributed by atoms with E-state index >= 15 is 0 Å². The van der Waals surface area contributed by atoms with E-state index in [9.17, 15) is 0 Å². The molecule has 0 rings (SSSR count). The molecule has 0 spiro atoms. The largest absolute Gasteiger partial charge is 0.394 e. The maximum absolute atomic E-state index is 8.50. The second kappa shape index (κ2) is 10.9. The molecule has 0 fully saturated rings. The van der Waals surface area contributed by atoms with Crippen molar-refractivity contribution in [2.45, 2.75) is 26.4 Å². The van der Waals surface area contributed by atoms with Gasteiger partial charge in [0.1, 0.15) is 0 Å². The fourth-order valence-electron chi connectivity index (χ4n) is 0.916. The van der Waals surface area contributed by atoms with Crippen LogP contribution in [0.1, 0.15) is 20.3 Å². The van der Waals surface area contributed by atoms with Crippen LogP contribution in [0.5, 0.6) is 0 Å². The molecule has 0 aromatic heterocycles. The van der Waals surface area contributed by atoms with Crippen LogP contribution >= 0.6 is 0 Å². The van der Waals surface area contributed by atoms with E-state index in [1.54, 1.807) is 0 Å². The van der Waals surface area contributed by atoms with Gasteiger partial charge in [-0.25, -0.2) is 0 Å². The molecule has 14 heavy (non-hydrogen) atoms. The lowest BCUT2D eigenvalue weighted by molar-refractivity contribution is -0.0314. The van der Waals surface area contributed by atoms with Crippen molar-refractivity contribution in [1.29, 1.82) is 0 Å². The van der Waals surface area contributed by atoms with Gasteiger partial charge in [-0.15, -0.1) is 0 Å². The summed E-state index contributed by atoms with van der Waals surface area (Å²) in [5.74, 6) is 0. The van der Waals surface area contributed by atoms with Crippen LogP contribution in [0.2, 0.25) is 0 Å². The maximum Gasteiger partial charge on any atom is 0.0781 e. The van der Waals surface area contributed by atoms with Gasteiger partial charge in [0.05, 0.1) is 39.1 Å². The Morgan fingerprint density at radius 2 is 1.79 bits per heavy atom. The third-order valence-corrected chi connectivity index (χ3v) is 1.57. The molecule has 4 nitrogen and oxygen atoms in total. The van der Waals surface area contributed by atoms with Crippen molar-refractivity contribution in [1.82, 2.24) is 0 Å². The molecule has 0 bridgehead atoms. The summed E-state index contributed by atoms with van der Waals surface area (Å²) < 4.78 is 15.8. The Labute approximate surface area is 86.2 Å². The Hall–Kier alpha value is -0.160. The molecule has 0 aromatic carbocycles. The van der Waals surface area contributed by atoms with E-state index in [-0.39, 0.29) is 12.7 Å². The zero-order chi connectivity index (χ0) is 10.6. The molecule has 0 saturated carbocycles. The number of hydrogen-bond acceptors (Lipinski definition) is 4. The highest BCUT2D eigenvalue weighted by molar-refractivity contribution is 4.46. The van der Waals surface area contributed by atoms with E-state index < -0.39 is 0 Å². The first-order chi connectivity index (χ1) is 6.81. The first kappa shape index (κ1) is 13.8. The number of aliphatic hydroxyl groups is 1. The zero-order valence-corrected chi connectivity index (χ0v) is 9.20. The Balaban J connectivity index is 3.02. The summed E-state index contributed by atoms with van der Waals surface area (Å²) in [6.07, 6.45) is 1.07. The standard InChI is InChI=1S/C10H22O4/c1-3-5-12-7-8-13-9-10(2)14-6-4-11/h10-11H,3-9H2,1-2H3. The second-order valence-corrected chi connectivity index (χ2v) is 3.09. The van der Waals surface area contributed by atoms with Gasteiger partial charge in [0, 0.05) is 6.61 Å². The molecule has 0 aliphatic carbocycles. The average Bonchev–Trinajstić information content (AvgIpc) is 2.20. The normalized spacial score (nSPS) is 13.1. The molecular weight excluding hydrogens is 184 g/mol. The van der Waals surface area contributed by atoms with Crippen molar-refractivity contribution in [3.05, 3.63) is 0 Å². The quantitative estimate of drug-likeness (QED) is 0.538. The van der Waals surface area contributed by atoms with Gasteiger partial charge in [-0.3, -0.25) is 0 Å². The smallest absolute Gasteiger partial charge is 0.0781 e. The van der Waals surface area contributed by atoms with Crippen molar-refractivity contribution in [3.63, 3.8) is 0 Å². The van der Waals surface area contributed by atoms with Crippen molar-refractivity contribution < 1.29 is 19.3 Å². The predicted molar refractivity (Wildman–Crippen MR) is 54.4 cm³/mol. The molecular formula is C10H22O4. The molecule has 0 amide bonds. The van der Waals surface area contributed by atoms with Crippen LogP contribution in [0.4, 0.5) is 0 Å².